The minimum atomic E-state index is -0.318. The molecule has 0 radical (unpaired) electrons. The van der Waals surface area contributed by atoms with Crippen LogP contribution in [0.1, 0.15) is 40.5 Å². The highest BCUT2D eigenvalue weighted by molar-refractivity contribution is 5.37. The van der Waals surface area contributed by atoms with Crippen LogP contribution in [0.15, 0.2) is 0 Å². The second kappa shape index (κ2) is 6.82. The van der Waals surface area contributed by atoms with Gasteiger partial charge in [-0.05, 0) is 52.6 Å². The maximum atomic E-state index is 9.60. The van der Waals surface area contributed by atoms with Gasteiger partial charge >= 0.3 is 0 Å². The Hall–Kier alpha value is -0.570. The third-order valence-corrected chi connectivity index (χ3v) is 1.94. The fraction of sp³-hybridized carbons (Fsp3) is 0.909. The fourth-order valence-electron chi connectivity index (χ4n) is 1.17. The van der Waals surface area contributed by atoms with E-state index in [0.29, 0.717) is 6.47 Å². The van der Waals surface area contributed by atoms with Gasteiger partial charge in [-0.25, -0.2) is 0 Å². The van der Waals surface area contributed by atoms with E-state index in [4.69, 9.17) is 0 Å². The largest absolute Gasteiger partial charge is 0.462 e. The minimum Gasteiger partial charge on any atom is -0.462 e. The summed E-state index contributed by atoms with van der Waals surface area (Å²) in [6.45, 7) is 10.7. The van der Waals surface area contributed by atoms with E-state index < -0.39 is 0 Å². The van der Waals surface area contributed by atoms with Gasteiger partial charge in [0.05, 0.1) is 0 Å². The molecule has 0 amide bonds. The van der Waals surface area contributed by atoms with E-state index in [2.05, 4.69) is 17.0 Å². The number of piperidine rings is 1. The van der Waals surface area contributed by atoms with E-state index in [1.165, 1.54) is 25.9 Å². The smallest absolute Gasteiger partial charge is 0.293 e. The molecule has 1 saturated heterocycles. The molecule has 0 aromatic rings. The van der Waals surface area contributed by atoms with Crippen molar-refractivity contribution in [2.24, 2.45) is 5.92 Å². The van der Waals surface area contributed by atoms with Gasteiger partial charge in [0, 0.05) is 0 Å². The van der Waals surface area contributed by atoms with Crippen LogP contribution < -0.4 is 5.32 Å². The van der Waals surface area contributed by atoms with Crippen LogP contribution in [0.5, 0.6) is 0 Å². The van der Waals surface area contributed by atoms with Gasteiger partial charge in [-0.15, -0.1) is 0 Å². The Labute approximate surface area is 87.2 Å². The molecule has 0 aromatic heterocycles. The van der Waals surface area contributed by atoms with E-state index >= 15 is 0 Å². The predicted octanol–water partition coefficient (Wildman–Crippen LogP) is 1.96. The third kappa shape index (κ3) is 9.52. The predicted molar refractivity (Wildman–Crippen MR) is 58.2 cm³/mol. The number of carbonyl (C=O) groups excluding carboxylic acids is 1. The lowest BCUT2D eigenvalue weighted by Crippen LogP contribution is -2.27. The summed E-state index contributed by atoms with van der Waals surface area (Å²) in [6.07, 6.45) is 2.80. The molecule has 1 aliphatic heterocycles. The second-order valence-electron chi connectivity index (χ2n) is 4.78. The Morgan fingerprint density at radius 3 is 2.21 bits per heavy atom. The number of hydrogen-bond donors (Lipinski definition) is 1. The van der Waals surface area contributed by atoms with Crippen molar-refractivity contribution in [3.05, 3.63) is 0 Å². The van der Waals surface area contributed by atoms with Crippen molar-refractivity contribution in [2.45, 2.75) is 46.1 Å². The average Bonchev–Trinajstić information content (AvgIpc) is 2.04. The summed E-state index contributed by atoms with van der Waals surface area (Å²) in [7, 11) is 0. The standard InChI is InChI=1S/C6H13N.C5H10O2/c1-6-3-2-4-7-5-6;1-5(2,3)7-4-6/h6-7H,2-5H2,1H3;4H,1-3H3/t6-;/m1./s1. The van der Waals surface area contributed by atoms with Crippen molar-refractivity contribution in [3.63, 3.8) is 0 Å². The van der Waals surface area contributed by atoms with Crippen molar-refractivity contribution in [2.75, 3.05) is 13.1 Å². The summed E-state index contributed by atoms with van der Waals surface area (Å²) in [4.78, 5) is 9.60. The second-order valence-corrected chi connectivity index (χ2v) is 4.78. The van der Waals surface area contributed by atoms with Gasteiger partial charge in [0.15, 0.2) is 0 Å². The molecule has 0 aromatic carbocycles. The monoisotopic (exact) mass is 201 g/mol. The zero-order valence-electron chi connectivity index (χ0n) is 9.80. The first-order valence-corrected chi connectivity index (χ1v) is 5.28. The van der Waals surface area contributed by atoms with Gasteiger partial charge in [0.1, 0.15) is 5.60 Å². The van der Waals surface area contributed by atoms with Crippen LogP contribution in [0.25, 0.3) is 0 Å². The molecule has 1 fully saturated rings. The topological polar surface area (TPSA) is 38.3 Å². The van der Waals surface area contributed by atoms with E-state index in [1.807, 2.05) is 20.8 Å². The van der Waals surface area contributed by atoms with E-state index in [9.17, 15) is 4.79 Å². The molecule has 1 aliphatic rings. The van der Waals surface area contributed by atoms with Crippen LogP contribution in [-0.2, 0) is 9.53 Å². The number of hydrogen-bond acceptors (Lipinski definition) is 3. The van der Waals surface area contributed by atoms with Crippen LogP contribution in [-0.4, -0.2) is 25.2 Å². The highest BCUT2D eigenvalue weighted by Crippen LogP contribution is 2.06. The molecule has 0 aliphatic carbocycles. The average molecular weight is 201 g/mol. The lowest BCUT2D eigenvalue weighted by Gasteiger charge is -2.17. The Morgan fingerprint density at radius 1 is 1.43 bits per heavy atom. The highest BCUT2D eigenvalue weighted by Gasteiger charge is 2.07. The summed E-state index contributed by atoms with van der Waals surface area (Å²) < 4.78 is 4.55. The van der Waals surface area contributed by atoms with Crippen LogP contribution in [0.2, 0.25) is 0 Å². The van der Waals surface area contributed by atoms with Gasteiger partial charge in [0.25, 0.3) is 6.47 Å². The summed E-state index contributed by atoms with van der Waals surface area (Å²) >= 11 is 0. The first kappa shape index (κ1) is 13.4. The summed E-state index contributed by atoms with van der Waals surface area (Å²) in [5, 5.41) is 3.33. The Morgan fingerprint density at radius 2 is 2.07 bits per heavy atom. The quantitative estimate of drug-likeness (QED) is 0.659. The third-order valence-electron chi connectivity index (χ3n) is 1.94. The zero-order valence-corrected chi connectivity index (χ0v) is 9.80. The summed E-state index contributed by atoms with van der Waals surface area (Å²) in [5.74, 6) is 0.925. The van der Waals surface area contributed by atoms with Crippen molar-refractivity contribution in [1.29, 1.82) is 0 Å². The van der Waals surface area contributed by atoms with Crippen LogP contribution in [0.3, 0.4) is 0 Å². The fourth-order valence-corrected chi connectivity index (χ4v) is 1.17. The Kier molecular flexibility index (Phi) is 6.54. The molecule has 1 N–H and O–H groups in total. The number of rotatable bonds is 1. The molecule has 0 unspecified atom stereocenters. The maximum absolute atomic E-state index is 9.60. The molecule has 0 spiro atoms. The molecule has 1 rings (SSSR count). The molecule has 84 valence electrons. The van der Waals surface area contributed by atoms with Gasteiger partial charge in [-0.2, -0.15) is 0 Å². The zero-order chi connectivity index (χ0) is 11.0. The molecule has 3 heteroatoms. The Bertz CT molecular complexity index is 146. The molecule has 1 heterocycles. The molecule has 0 saturated carbocycles. The van der Waals surface area contributed by atoms with Gasteiger partial charge in [-0.1, -0.05) is 6.92 Å². The van der Waals surface area contributed by atoms with Crippen LogP contribution in [0.4, 0.5) is 0 Å². The molecule has 14 heavy (non-hydrogen) atoms. The number of ether oxygens (including phenoxy) is 1. The van der Waals surface area contributed by atoms with Gasteiger partial charge in [-0.3, -0.25) is 4.79 Å². The van der Waals surface area contributed by atoms with E-state index in [1.54, 1.807) is 0 Å². The lowest BCUT2D eigenvalue weighted by molar-refractivity contribution is -0.138. The normalized spacial score (nSPS) is 21.9. The summed E-state index contributed by atoms with van der Waals surface area (Å²) in [5.41, 5.74) is -0.318. The highest BCUT2D eigenvalue weighted by atomic mass is 16.5. The van der Waals surface area contributed by atoms with Gasteiger partial charge in [0.2, 0.25) is 0 Å². The van der Waals surface area contributed by atoms with Crippen LogP contribution >= 0.6 is 0 Å². The first-order valence-electron chi connectivity index (χ1n) is 5.28. The van der Waals surface area contributed by atoms with E-state index in [0.717, 1.165) is 5.92 Å². The van der Waals surface area contributed by atoms with E-state index in [-0.39, 0.29) is 5.60 Å². The van der Waals surface area contributed by atoms with Crippen LogP contribution in [0, 0.1) is 5.92 Å². The summed E-state index contributed by atoms with van der Waals surface area (Å²) in [6, 6.07) is 0. The molecule has 3 nitrogen and oxygen atoms in total. The number of carbonyl (C=O) groups is 1. The SMILES string of the molecule is CC(C)(C)OC=O.C[C@@H]1CCCNC1. The van der Waals surface area contributed by atoms with Crippen molar-refractivity contribution >= 4 is 6.47 Å². The number of nitrogens with one attached hydrogen (secondary N) is 1. The van der Waals surface area contributed by atoms with Crippen molar-refractivity contribution in [3.8, 4) is 0 Å². The maximum Gasteiger partial charge on any atom is 0.293 e. The van der Waals surface area contributed by atoms with Crippen molar-refractivity contribution in [1.82, 2.24) is 5.32 Å². The molecule has 0 bridgehead atoms. The molecular formula is C11H23NO2. The molecular weight excluding hydrogens is 178 g/mol. The Balaban J connectivity index is 0.000000241. The minimum absolute atomic E-state index is 0.318. The lowest BCUT2D eigenvalue weighted by atomic mass is 10.0. The first-order chi connectivity index (χ1) is 6.45. The van der Waals surface area contributed by atoms with Gasteiger partial charge < -0.3 is 10.1 Å². The van der Waals surface area contributed by atoms with Crippen molar-refractivity contribution < 1.29 is 9.53 Å². The molecule has 1 atom stereocenters.